The maximum atomic E-state index is 11.6. The Bertz CT molecular complexity index is 3100. The van der Waals surface area contributed by atoms with Crippen LogP contribution in [0.2, 0.25) is 0 Å². The van der Waals surface area contributed by atoms with E-state index in [9.17, 15) is 5.11 Å². The lowest BCUT2D eigenvalue weighted by molar-refractivity contribution is 0.476. The van der Waals surface area contributed by atoms with Crippen molar-refractivity contribution in [2.75, 3.05) is 0 Å². The summed E-state index contributed by atoms with van der Waals surface area (Å²) in [4.78, 5) is 10.3. The molecule has 0 aliphatic rings. The number of hydrogen-bond donors (Lipinski definition) is 1. The normalized spacial score (nSPS) is 11.8. The summed E-state index contributed by atoms with van der Waals surface area (Å²) < 4.78 is 8.27. The fraction of sp³-hybridized carbons (Fsp3) is 0.0769. The molecule has 10 aromatic rings. The second-order valence-electron chi connectivity index (χ2n) is 15.7. The lowest BCUT2D eigenvalue weighted by Crippen LogP contribution is -2.11. The Balaban J connectivity index is 1.14. The zero-order valence-electron chi connectivity index (χ0n) is 31.9. The number of para-hydroxylation sites is 3. The first kappa shape index (κ1) is 34.3. The Morgan fingerprint density at radius 3 is 1.98 bits per heavy atom. The molecule has 274 valence electrons. The van der Waals surface area contributed by atoms with Crippen LogP contribution in [0, 0.1) is 0 Å². The number of hydrogen-bond acceptors (Lipinski definition) is 4. The molecule has 0 amide bonds. The fourth-order valence-corrected chi connectivity index (χ4v) is 7.91. The number of imidazole rings is 1. The molecule has 3 heterocycles. The second kappa shape index (κ2) is 13.5. The summed E-state index contributed by atoms with van der Waals surface area (Å²) in [5, 5.41) is 13.5. The van der Waals surface area contributed by atoms with E-state index in [1.165, 1.54) is 16.7 Å². The smallest absolute Gasteiger partial charge is 0.149 e. The molecule has 3 aromatic heterocycles. The maximum Gasteiger partial charge on any atom is 0.149 e. The van der Waals surface area contributed by atoms with Gasteiger partial charge in [-0.05, 0) is 93.4 Å². The lowest BCUT2D eigenvalue weighted by Gasteiger charge is -2.22. The van der Waals surface area contributed by atoms with Gasteiger partial charge in [0, 0.05) is 39.8 Å². The molecule has 0 unspecified atom stereocenters. The van der Waals surface area contributed by atoms with Crippen LogP contribution in [0.15, 0.2) is 180 Å². The third-order valence-electron chi connectivity index (χ3n) is 10.9. The summed E-state index contributed by atoms with van der Waals surface area (Å²) in [6.07, 6.45) is 1.90. The van der Waals surface area contributed by atoms with E-state index in [1.807, 2.05) is 60.8 Å². The van der Waals surface area contributed by atoms with Gasteiger partial charge >= 0.3 is 0 Å². The number of aromatic nitrogens is 3. The number of phenolic OH excluding ortho intramolecular Hbond substituents is 1. The number of rotatable bonds is 6. The summed E-state index contributed by atoms with van der Waals surface area (Å²) in [5.74, 6) is 0.751. The van der Waals surface area contributed by atoms with E-state index in [0.717, 1.165) is 66.6 Å². The van der Waals surface area contributed by atoms with Crippen LogP contribution in [0.3, 0.4) is 0 Å². The number of pyridine rings is 1. The van der Waals surface area contributed by atoms with Crippen molar-refractivity contribution < 1.29 is 9.52 Å². The molecule has 0 atom stereocenters. The standard InChI is InChI=1S/C52H39N3O2/c1-52(2,3)39-28-37(27-38(29-39)45-30-36(25-26-53-45)35-23-21-34(22-24-35)33-13-6-4-7-14-33)41-18-12-19-46-50(41)54-51(55(46)40-15-8-5-9-16-40)44-31-43-42-17-10-11-20-48(42)57-49(43)32-47(44)56/h4-32,56H,1-3H3. The Morgan fingerprint density at radius 1 is 0.526 bits per heavy atom. The molecule has 10 rings (SSSR count). The van der Waals surface area contributed by atoms with Crippen LogP contribution in [0.25, 0.3) is 94.7 Å². The Hall–Kier alpha value is -7.24. The van der Waals surface area contributed by atoms with Gasteiger partial charge in [0.1, 0.15) is 22.7 Å². The van der Waals surface area contributed by atoms with E-state index in [-0.39, 0.29) is 11.2 Å². The first-order chi connectivity index (χ1) is 27.8. The summed E-state index contributed by atoms with van der Waals surface area (Å²) >= 11 is 0. The van der Waals surface area contributed by atoms with Crippen molar-refractivity contribution in [1.29, 1.82) is 0 Å². The third-order valence-corrected chi connectivity index (χ3v) is 10.9. The highest BCUT2D eigenvalue weighted by Crippen LogP contribution is 2.42. The quantitative estimate of drug-likeness (QED) is 0.185. The van der Waals surface area contributed by atoms with Gasteiger partial charge in [-0.2, -0.15) is 0 Å². The number of benzene rings is 7. The zero-order chi connectivity index (χ0) is 38.7. The van der Waals surface area contributed by atoms with Gasteiger partial charge in [0.15, 0.2) is 0 Å². The lowest BCUT2D eigenvalue weighted by atomic mass is 9.83. The molecule has 5 heteroatoms. The predicted octanol–water partition coefficient (Wildman–Crippen LogP) is 13.7. The van der Waals surface area contributed by atoms with Crippen LogP contribution in [0.5, 0.6) is 5.75 Å². The van der Waals surface area contributed by atoms with Gasteiger partial charge in [-0.1, -0.05) is 130 Å². The van der Waals surface area contributed by atoms with E-state index >= 15 is 0 Å². The molecule has 0 saturated carbocycles. The molecule has 1 N–H and O–H groups in total. The molecule has 7 aromatic carbocycles. The minimum absolute atomic E-state index is 0.105. The molecule has 0 saturated heterocycles. The number of furan rings is 1. The van der Waals surface area contributed by atoms with E-state index in [2.05, 4.69) is 135 Å². The van der Waals surface area contributed by atoms with E-state index in [4.69, 9.17) is 14.4 Å². The molecular weight excluding hydrogens is 699 g/mol. The van der Waals surface area contributed by atoms with Crippen molar-refractivity contribution in [3.05, 3.63) is 182 Å². The fourth-order valence-electron chi connectivity index (χ4n) is 7.91. The van der Waals surface area contributed by atoms with Crippen LogP contribution >= 0.6 is 0 Å². The van der Waals surface area contributed by atoms with Crippen LogP contribution in [0.1, 0.15) is 26.3 Å². The summed E-state index contributed by atoms with van der Waals surface area (Å²) in [7, 11) is 0. The van der Waals surface area contributed by atoms with Gasteiger partial charge in [0.2, 0.25) is 0 Å². The molecule has 0 spiro atoms. The van der Waals surface area contributed by atoms with Crippen molar-refractivity contribution in [3.8, 4) is 67.5 Å². The van der Waals surface area contributed by atoms with E-state index < -0.39 is 0 Å². The van der Waals surface area contributed by atoms with Crippen LogP contribution in [-0.2, 0) is 5.41 Å². The monoisotopic (exact) mass is 737 g/mol. The van der Waals surface area contributed by atoms with Crippen LogP contribution in [0.4, 0.5) is 0 Å². The molecule has 0 aliphatic carbocycles. The average molecular weight is 738 g/mol. The highest BCUT2D eigenvalue weighted by molar-refractivity contribution is 6.07. The van der Waals surface area contributed by atoms with Crippen molar-refractivity contribution in [3.63, 3.8) is 0 Å². The Kier molecular flexibility index (Phi) is 8.12. The summed E-state index contributed by atoms with van der Waals surface area (Å²) in [6.45, 7) is 6.74. The number of phenols is 1. The van der Waals surface area contributed by atoms with Gasteiger partial charge in [-0.3, -0.25) is 9.55 Å². The van der Waals surface area contributed by atoms with Crippen molar-refractivity contribution in [2.24, 2.45) is 0 Å². The Labute approximate surface area is 331 Å². The number of nitrogens with zero attached hydrogens (tertiary/aromatic N) is 3. The second-order valence-corrected chi connectivity index (χ2v) is 15.7. The molecule has 0 radical (unpaired) electrons. The maximum absolute atomic E-state index is 11.6. The van der Waals surface area contributed by atoms with Gasteiger partial charge in [-0.15, -0.1) is 0 Å². The first-order valence-corrected chi connectivity index (χ1v) is 19.3. The summed E-state index contributed by atoms with van der Waals surface area (Å²) in [5.41, 5.74) is 14.4. The highest BCUT2D eigenvalue weighted by atomic mass is 16.3. The predicted molar refractivity (Wildman–Crippen MR) is 234 cm³/mol. The molecule has 57 heavy (non-hydrogen) atoms. The Morgan fingerprint density at radius 2 is 1.21 bits per heavy atom. The van der Waals surface area contributed by atoms with Gasteiger partial charge < -0.3 is 9.52 Å². The highest BCUT2D eigenvalue weighted by Gasteiger charge is 2.23. The zero-order valence-corrected chi connectivity index (χ0v) is 31.9. The topological polar surface area (TPSA) is 64.1 Å². The number of aromatic hydroxyl groups is 1. The minimum atomic E-state index is -0.132. The molecule has 0 fully saturated rings. The molecular formula is C52H39N3O2. The van der Waals surface area contributed by atoms with Gasteiger partial charge in [0.25, 0.3) is 0 Å². The largest absolute Gasteiger partial charge is 0.507 e. The van der Waals surface area contributed by atoms with Gasteiger partial charge in [-0.25, -0.2) is 4.98 Å². The number of fused-ring (bicyclic) bond motifs is 4. The minimum Gasteiger partial charge on any atom is -0.507 e. The average Bonchev–Trinajstić information content (AvgIpc) is 3.81. The van der Waals surface area contributed by atoms with E-state index in [0.29, 0.717) is 17.0 Å². The van der Waals surface area contributed by atoms with Crippen molar-refractivity contribution in [2.45, 2.75) is 26.2 Å². The van der Waals surface area contributed by atoms with Crippen molar-refractivity contribution in [1.82, 2.24) is 14.5 Å². The van der Waals surface area contributed by atoms with E-state index in [1.54, 1.807) is 6.07 Å². The van der Waals surface area contributed by atoms with Crippen LogP contribution < -0.4 is 0 Å². The molecule has 0 bridgehead atoms. The summed E-state index contributed by atoms with van der Waals surface area (Å²) in [6, 6.07) is 58.5. The third kappa shape index (κ3) is 6.14. The molecule has 5 nitrogen and oxygen atoms in total. The molecule has 0 aliphatic heterocycles. The SMILES string of the molecule is CC(C)(C)c1cc(-c2cc(-c3ccc(-c4ccccc4)cc3)ccn2)cc(-c2cccc3c2nc(-c2cc4c(cc2O)oc2ccccc24)n3-c2ccccc2)c1. The van der Waals surface area contributed by atoms with Gasteiger partial charge in [0.05, 0.1) is 22.3 Å². The van der Waals surface area contributed by atoms with Crippen molar-refractivity contribution >= 4 is 33.0 Å². The first-order valence-electron chi connectivity index (χ1n) is 19.3. The van der Waals surface area contributed by atoms with Crippen LogP contribution in [-0.4, -0.2) is 19.6 Å².